The molecule has 0 aromatic carbocycles. The average molecular weight is 250 g/mol. The molecule has 0 bridgehead atoms. The fourth-order valence-corrected chi connectivity index (χ4v) is 0. The molecule has 0 fully saturated rings. The summed E-state index contributed by atoms with van der Waals surface area (Å²) in [5.41, 5.74) is 0. The summed E-state index contributed by atoms with van der Waals surface area (Å²) in [6.07, 6.45) is 0. The smallest absolute Gasteiger partial charge is 1.00 e. The Morgan fingerprint density at radius 2 is 0.467 bits per heavy atom. The van der Waals surface area contributed by atoms with Crippen LogP contribution in [0.5, 0.6) is 0 Å². The molecule has 0 atom stereocenters. The van der Waals surface area contributed by atoms with E-state index in [1.807, 2.05) is 0 Å². The second-order valence-electron chi connectivity index (χ2n) is 0.346. The summed E-state index contributed by atoms with van der Waals surface area (Å²) in [5, 5.41) is 21.5. The van der Waals surface area contributed by atoms with Gasteiger partial charge in [0.25, 0.3) is 0 Å². The van der Waals surface area contributed by atoms with Crippen LogP contribution in [0.1, 0.15) is 1.43 Å². The van der Waals surface area contributed by atoms with E-state index in [9.17, 15) is 0 Å². The molecule has 15 heavy (non-hydrogen) atoms. The van der Waals surface area contributed by atoms with Gasteiger partial charge in [-0.3, -0.25) is 0 Å². The van der Waals surface area contributed by atoms with E-state index in [0.717, 1.165) is 0 Å². The fourth-order valence-electron chi connectivity index (χ4n) is 0. The van der Waals surface area contributed by atoms with Crippen LogP contribution in [-0.4, -0.2) is 77.2 Å². The normalized spacial score (nSPS) is 1.80. The van der Waals surface area contributed by atoms with Crippen molar-refractivity contribution in [2.45, 2.75) is 0 Å². The van der Waals surface area contributed by atoms with Gasteiger partial charge in [0.1, 0.15) is 0 Å². The van der Waals surface area contributed by atoms with E-state index in [1.165, 1.54) is 0 Å². The fraction of sp³-hybridized carbons (Fsp3) is 0. The molecule has 15 heteroatoms. The van der Waals surface area contributed by atoms with Crippen molar-refractivity contribution in [2.75, 3.05) is 0 Å². The molecule has 106 valence electrons. The number of hydrogen-bond acceptors (Lipinski definition) is 3. The van der Waals surface area contributed by atoms with Crippen LogP contribution in [0.2, 0.25) is 0 Å². The van der Waals surface area contributed by atoms with Crippen LogP contribution in [0, 0.1) is 0 Å². The third kappa shape index (κ3) is 103000. The first-order valence-electron chi connectivity index (χ1n) is 0.775. The zero-order chi connectivity index (χ0) is 3.58. The van der Waals surface area contributed by atoms with Gasteiger partial charge in [0.05, 0.1) is 0 Å². The first kappa shape index (κ1) is 307. The molecule has 23 N–H and O–H groups in total. The quantitative estimate of drug-likeness (QED) is 0.352. The molecule has 0 heterocycles. The van der Waals surface area contributed by atoms with Gasteiger partial charge in [0.2, 0.25) is 0 Å². The Labute approximate surface area is 98.3 Å². The Balaban J connectivity index is -0.000000000682. The Morgan fingerprint density at radius 3 is 0.467 bits per heavy atom. The molecule has 0 aromatic rings. The summed E-state index contributed by atoms with van der Waals surface area (Å²) in [7, 11) is -2.17. The summed E-state index contributed by atoms with van der Waals surface area (Å²) >= 11 is 0. The van der Waals surface area contributed by atoms with Gasteiger partial charge in [-0.25, -0.2) is 0 Å². The summed E-state index contributed by atoms with van der Waals surface area (Å²) in [6.45, 7) is 0. The molecule has 13 nitrogen and oxygen atoms in total. The van der Waals surface area contributed by atoms with E-state index in [1.54, 1.807) is 0 Å². The Bertz CT molecular complexity index is 20.6. The molecule has 0 unspecified atom stereocenters. The van der Waals surface area contributed by atoms with Gasteiger partial charge in [0.15, 0.2) is 0 Å². The van der Waals surface area contributed by atoms with Gasteiger partial charge < -0.3 is 71.3 Å². The number of hydrogen-bond donors (Lipinski definition) is 3. The third-order valence-electron chi connectivity index (χ3n) is 0. The molecule has 0 saturated carbocycles. The van der Waals surface area contributed by atoms with Gasteiger partial charge >= 0.3 is 26.2 Å². The molecule has 0 radical (unpaired) electrons. The topological polar surface area (TPSA) is 376 Å². The van der Waals surface area contributed by atoms with Crippen LogP contribution < -0.4 is 18.9 Å². The molecule has 0 saturated heterocycles. The maximum Gasteiger partial charge on any atom is 1.00 e. The molecule has 0 amide bonds. The van der Waals surface area contributed by atoms with Crippen molar-refractivity contribution >= 4 is 7.32 Å². The SMILES string of the molecule is O.O.O.O.O.O.O.O.O.O.OB(O)O.[H-].[Li+]. The zero-order valence-corrected chi connectivity index (χ0v) is 7.92. The van der Waals surface area contributed by atoms with E-state index < -0.39 is 7.32 Å². The van der Waals surface area contributed by atoms with E-state index in [-0.39, 0.29) is 75.0 Å². The number of rotatable bonds is 0. The van der Waals surface area contributed by atoms with Crippen molar-refractivity contribution in [2.24, 2.45) is 0 Å². The molecular formula is H24BLiO13. The molecule has 0 rings (SSSR count). The van der Waals surface area contributed by atoms with Crippen molar-refractivity contribution in [1.29, 1.82) is 0 Å². The molecule has 0 aliphatic rings. The summed E-state index contributed by atoms with van der Waals surface area (Å²) in [6, 6.07) is 0. The zero-order valence-electron chi connectivity index (χ0n) is 8.92. The minimum absolute atomic E-state index is 0. The molecule has 0 spiro atoms. The monoisotopic (exact) mass is 250 g/mol. The minimum Gasteiger partial charge on any atom is -1.00 e. The van der Waals surface area contributed by atoms with Gasteiger partial charge in [0, 0.05) is 0 Å². The average Bonchev–Trinajstić information content (AvgIpc) is 0.811. The van der Waals surface area contributed by atoms with Gasteiger partial charge in [-0.05, 0) is 0 Å². The maximum atomic E-state index is 7.17. The van der Waals surface area contributed by atoms with Crippen molar-refractivity contribution in [3.8, 4) is 0 Å². The minimum atomic E-state index is -2.17. The molecule has 0 aliphatic carbocycles. The van der Waals surface area contributed by atoms with Crippen LogP contribution >= 0.6 is 0 Å². The van der Waals surface area contributed by atoms with Gasteiger partial charge in [-0.1, -0.05) is 0 Å². The summed E-state index contributed by atoms with van der Waals surface area (Å²) in [5.74, 6) is 0. The largest absolute Gasteiger partial charge is 1.00 e. The van der Waals surface area contributed by atoms with Gasteiger partial charge in [-0.15, -0.1) is 0 Å². The van der Waals surface area contributed by atoms with E-state index in [4.69, 9.17) is 15.1 Å². The molecular weight excluding hydrogens is 226 g/mol. The predicted octanol–water partition coefficient (Wildman–Crippen LogP) is -13.2. The van der Waals surface area contributed by atoms with Crippen LogP contribution in [0.3, 0.4) is 0 Å². The third-order valence-corrected chi connectivity index (χ3v) is 0. The van der Waals surface area contributed by atoms with Crippen molar-refractivity contribution < 1.29 is 90.1 Å². The van der Waals surface area contributed by atoms with Crippen molar-refractivity contribution in [3.63, 3.8) is 0 Å². The second kappa shape index (κ2) is 247. The van der Waals surface area contributed by atoms with E-state index in [0.29, 0.717) is 0 Å². The maximum absolute atomic E-state index is 7.17. The van der Waals surface area contributed by atoms with Crippen LogP contribution in [0.25, 0.3) is 0 Å². The van der Waals surface area contributed by atoms with E-state index >= 15 is 0 Å². The Hall–Kier alpha value is 0.142. The standard InChI is InChI=1S/BH3O3.Li.10H2O.H/c2-1(3)4;;;;;;;;;;;;/h2-4H;;10*1H2;/q;+1;;;;;;;;;;;-1. The first-order chi connectivity index (χ1) is 1.73. The van der Waals surface area contributed by atoms with E-state index in [2.05, 4.69) is 0 Å². The predicted molar refractivity (Wildman–Crippen MR) is 49.7 cm³/mol. The first-order valence-corrected chi connectivity index (χ1v) is 0.775. The summed E-state index contributed by atoms with van der Waals surface area (Å²) in [4.78, 5) is 0. The van der Waals surface area contributed by atoms with Crippen LogP contribution in [-0.2, 0) is 0 Å². The molecule has 0 aliphatic heterocycles. The molecule has 0 aromatic heterocycles. The second-order valence-corrected chi connectivity index (χ2v) is 0.346. The van der Waals surface area contributed by atoms with Crippen LogP contribution in [0.4, 0.5) is 0 Å². The van der Waals surface area contributed by atoms with Crippen LogP contribution in [0.15, 0.2) is 0 Å². The van der Waals surface area contributed by atoms with Crippen molar-refractivity contribution in [1.82, 2.24) is 0 Å². The Kier molecular flexibility index (Phi) is 5060. The van der Waals surface area contributed by atoms with Crippen molar-refractivity contribution in [3.05, 3.63) is 0 Å². The summed E-state index contributed by atoms with van der Waals surface area (Å²) < 4.78 is 0. The Morgan fingerprint density at radius 1 is 0.467 bits per heavy atom. The van der Waals surface area contributed by atoms with Gasteiger partial charge in [-0.2, -0.15) is 0 Å².